The Kier molecular flexibility index (Phi) is 7.23. The number of amides is 1. The molecule has 1 aliphatic heterocycles. The molecular formula is C26H33FN4O4. The van der Waals surface area contributed by atoms with Crippen LogP contribution in [0, 0.1) is 11.7 Å². The van der Waals surface area contributed by atoms with Gasteiger partial charge in [-0.1, -0.05) is 12.1 Å². The van der Waals surface area contributed by atoms with E-state index in [9.17, 15) is 14.0 Å². The Bertz CT molecular complexity index is 1030. The Hall–Kier alpha value is -3.23. The molecule has 2 heterocycles. The lowest BCUT2D eigenvalue weighted by atomic mass is 9.96. The summed E-state index contributed by atoms with van der Waals surface area (Å²) < 4.78 is 23.8. The van der Waals surface area contributed by atoms with Gasteiger partial charge in [-0.2, -0.15) is 0 Å². The predicted octanol–water partition coefficient (Wildman–Crippen LogP) is 4.41. The average molecular weight is 485 g/mol. The second-order valence-corrected chi connectivity index (χ2v) is 10.3. The highest BCUT2D eigenvalue weighted by Gasteiger charge is 2.46. The minimum Gasteiger partial charge on any atom is -0.465 e. The molecule has 1 saturated carbocycles. The number of hydrogen-bond donors (Lipinski definition) is 0. The van der Waals surface area contributed by atoms with Gasteiger partial charge in [-0.05, 0) is 63.6 Å². The summed E-state index contributed by atoms with van der Waals surface area (Å²) in [6.07, 6.45) is 5.28. The van der Waals surface area contributed by atoms with Crippen molar-refractivity contribution in [2.24, 2.45) is 5.92 Å². The summed E-state index contributed by atoms with van der Waals surface area (Å²) in [4.78, 5) is 37.3. The topological polar surface area (TPSA) is 84.9 Å². The van der Waals surface area contributed by atoms with Crippen molar-refractivity contribution in [2.75, 3.05) is 31.6 Å². The summed E-state index contributed by atoms with van der Waals surface area (Å²) in [6, 6.07) is 6.60. The first-order valence-electron chi connectivity index (χ1n) is 12.0. The van der Waals surface area contributed by atoms with Crippen molar-refractivity contribution in [3.05, 3.63) is 53.6 Å². The van der Waals surface area contributed by atoms with Crippen molar-refractivity contribution in [1.29, 1.82) is 0 Å². The summed E-state index contributed by atoms with van der Waals surface area (Å²) in [5.74, 6) is 0.383. The van der Waals surface area contributed by atoms with Crippen LogP contribution >= 0.6 is 0 Å². The highest BCUT2D eigenvalue weighted by Crippen LogP contribution is 2.45. The quantitative estimate of drug-likeness (QED) is 0.562. The molecule has 35 heavy (non-hydrogen) atoms. The molecule has 0 unspecified atom stereocenters. The predicted molar refractivity (Wildman–Crippen MR) is 129 cm³/mol. The van der Waals surface area contributed by atoms with Gasteiger partial charge in [-0.15, -0.1) is 0 Å². The third kappa shape index (κ3) is 6.26. The molecule has 1 aromatic carbocycles. The van der Waals surface area contributed by atoms with E-state index in [0.29, 0.717) is 24.0 Å². The zero-order chi connectivity index (χ0) is 25.2. The third-order valence-corrected chi connectivity index (χ3v) is 6.49. The molecule has 2 fully saturated rings. The van der Waals surface area contributed by atoms with E-state index in [1.165, 1.54) is 31.6 Å². The molecule has 9 heteroatoms. The van der Waals surface area contributed by atoms with Gasteiger partial charge in [-0.25, -0.2) is 23.9 Å². The number of benzene rings is 1. The number of methoxy groups -OCH3 is 1. The first kappa shape index (κ1) is 24.9. The number of piperidine rings is 1. The molecule has 188 valence electrons. The standard InChI is InChI=1S/C26H33FN4O4/c1-26(2,3)35-25(33)31(22-13-21(22)18-5-7-20(27)8-6-18)16-17-9-11-30(12-10-17)24-28-14-19(15-29-24)23(32)34-4/h5-8,14-15,17,21-22H,9-13,16H2,1-4H3/t21-,22-/m1/s1. The maximum Gasteiger partial charge on any atom is 0.410 e. The van der Waals surface area contributed by atoms with Crippen molar-refractivity contribution in [3.63, 3.8) is 0 Å². The molecule has 2 aliphatic rings. The molecule has 1 saturated heterocycles. The number of halogens is 1. The average Bonchev–Trinajstić information content (AvgIpc) is 3.62. The lowest BCUT2D eigenvalue weighted by molar-refractivity contribution is 0.0190. The second-order valence-electron chi connectivity index (χ2n) is 10.3. The van der Waals surface area contributed by atoms with E-state index in [-0.39, 0.29) is 23.9 Å². The van der Waals surface area contributed by atoms with Gasteiger partial charge in [0, 0.05) is 44.0 Å². The summed E-state index contributed by atoms with van der Waals surface area (Å²) in [6.45, 7) is 7.76. The van der Waals surface area contributed by atoms with Gasteiger partial charge < -0.3 is 19.3 Å². The number of carbonyl (C=O) groups excluding carboxylic acids is 2. The first-order valence-corrected chi connectivity index (χ1v) is 12.0. The fourth-order valence-electron chi connectivity index (χ4n) is 4.56. The fourth-order valence-corrected chi connectivity index (χ4v) is 4.56. The van der Waals surface area contributed by atoms with Gasteiger partial charge in [0.25, 0.3) is 0 Å². The molecule has 1 aromatic heterocycles. The summed E-state index contributed by atoms with van der Waals surface area (Å²) >= 11 is 0. The van der Waals surface area contributed by atoms with E-state index in [4.69, 9.17) is 9.47 Å². The Morgan fingerprint density at radius 3 is 2.31 bits per heavy atom. The number of anilines is 1. The SMILES string of the molecule is COC(=O)c1cnc(N2CCC(CN(C(=O)OC(C)(C)C)[C@@H]3C[C@@H]3c3ccc(F)cc3)CC2)nc1. The summed E-state index contributed by atoms with van der Waals surface area (Å²) in [7, 11) is 1.32. The monoisotopic (exact) mass is 484 g/mol. The van der Waals surface area contributed by atoms with E-state index < -0.39 is 11.6 Å². The minimum atomic E-state index is -0.577. The number of carbonyl (C=O) groups is 2. The number of hydrogen-bond acceptors (Lipinski definition) is 7. The number of rotatable bonds is 6. The van der Waals surface area contributed by atoms with Gasteiger partial charge >= 0.3 is 12.1 Å². The van der Waals surface area contributed by atoms with Gasteiger partial charge in [0.05, 0.1) is 12.7 Å². The van der Waals surface area contributed by atoms with Gasteiger partial charge in [-0.3, -0.25) is 0 Å². The van der Waals surface area contributed by atoms with Crippen LogP contribution < -0.4 is 4.90 Å². The highest BCUT2D eigenvalue weighted by molar-refractivity contribution is 5.88. The molecule has 8 nitrogen and oxygen atoms in total. The lowest BCUT2D eigenvalue weighted by Crippen LogP contribution is -2.44. The van der Waals surface area contributed by atoms with Crippen molar-refractivity contribution in [2.45, 2.75) is 57.6 Å². The molecule has 0 bridgehead atoms. The molecule has 0 radical (unpaired) electrons. The molecule has 0 N–H and O–H groups in total. The van der Waals surface area contributed by atoms with E-state index in [2.05, 4.69) is 14.9 Å². The Morgan fingerprint density at radius 2 is 1.74 bits per heavy atom. The van der Waals surface area contributed by atoms with E-state index >= 15 is 0 Å². The van der Waals surface area contributed by atoms with Crippen LogP contribution in [0.25, 0.3) is 0 Å². The van der Waals surface area contributed by atoms with Crippen molar-refractivity contribution in [3.8, 4) is 0 Å². The molecule has 2 aromatic rings. The number of nitrogens with zero attached hydrogens (tertiary/aromatic N) is 4. The van der Waals surface area contributed by atoms with Gasteiger partial charge in [0.15, 0.2) is 0 Å². The van der Waals surface area contributed by atoms with Gasteiger partial charge in [0.1, 0.15) is 11.4 Å². The van der Waals surface area contributed by atoms with Crippen LogP contribution in [0.4, 0.5) is 15.1 Å². The first-order chi connectivity index (χ1) is 16.6. The van der Waals surface area contributed by atoms with Crippen molar-refractivity contribution >= 4 is 18.0 Å². The molecule has 4 rings (SSSR count). The van der Waals surface area contributed by atoms with Crippen LogP contribution in [-0.4, -0.2) is 65.3 Å². The summed E-state index contributed by atoms with van der Waals surface area (Å²) in [5.41, 5.74) is 0.791. The van der Waals surface area contributed by atoms with Crippen LogP contribution in [0.2, 0.25) is 0 Å². The van der Waals surface area contributed by atoms with Crippen molar-refractivity contribution in [1.82, 2.24) is 14.9 Å². The van der Waals surface area contributed by atoms with Crippen LogP contribution in [0.1, 0.15) is 61.9 Å². The maximum atomic E-state index is 13.4. The second kappa shape index (κ2) is 10.2. The Morgan fingerprint density at radius 1 is 1.11 bits per heavy atom. The smallest absolute Gasteiger partial charge is 0.410 e. The number of esters is 1. The van der Waals surface area contributed by atoms with Crippen LogP contribution in [0.5, 0.6) is 0 Å². The lowest BCUT2D eigenvalue weighted by Gasteiger charge is -2.35. The molecule has 1 amide bonds. The summed E-state index contributed by atoms with van der Waals surface area (Å²) in [5, 5.41) is 0. The number of ether oxygens (including phenoxy) is 2. The maximum absolute atomic E-state index is 13.4. The molecule has 1 aliphatic carbocycles. The van der Waals surface area contributed by atoms with E-state index in [1.807, 2.05) is 25.7 Å². The van der Waals surface area contributed by atoms with Crippen molar-refractivity contribution < 1.29 is 23.5 Å². The Labute approximate surface area is 205 Å². The molecular weight excluding hydrogens is 451 g/mol. The van der Waals surface area contributed by atoms with Crippen LogP contribution in [0.15, 0.2) is 36.7 Å². The number of aromatic nitrogens is 2. The molecule has 2 atom stereocenters. The minimum absolute atomic E-state index is 0.0579. The van der Waals surface area contributed by atoms with Gasteiger partial charge in [0.2, 0.25) is 5.95 Å². The zero-order valence-corrected chi connectivity index (χ0v) is 20.7. The third-order valence-electron chi connectivity index (χ3n) is 6.49. The van der Waals surface area contributed by atoms with E-state index in [1.54, 1.807) is 12.1 Å². The molecule has 0 spiro atoms. The largest absolute Gasteiger partial charge is 0.465 e. The Balaban J connectivity index is 1.38. The van der Waals surface area contributed by atoms with Crippen LogP contribution in [-0.2, 0) is 9.47 Å². The fraction of sp³-hybridized carbons (Fsp3) is 0.538. The normalized spacial score (nSPS) is 20.3. The zero-order valence-electron chi connectivity index (χ0n) is 20.7. The van der Waals surface area contributed by atoms with Crippen LogP contribution in [0.3, 0.4) is 0 Å². The van der Waals surface area contributed by atoms with E-state index in [0.717, 1.165) is 37.9 Å². The highest BCUT2D eigenvalue weighted by atomic mass is 19.1.